The largest absolute Gasteiger partial charge is 0.482 e. The second-order valence-corrected chi connectivity index (χ2v) is 5.12. The van der Waals surface area contributed by atoms with Gasteiger partial charge in [0.05, 0.1) is 5.69 Å². The highest BCUT2D eigenvalue weighted by atomic mass is 19.1. The third kappa shape index (κ3) is 5.87. The van der Waals surface area contributed by atoms with Crippen molar-refractivity contribution in [2.45, 2.75) is 13.3 Å². The van der Waals surface area contributed by atoms with E-state index in [1.807, 2.05) is 19.1 Å². The van der Waals surface area contributed by atoms with Crippen molar-refractivity contribution in [3.05, 3.63) is 59.7 Å². The first-order chi connectivity index (χ1) is 12.0. The van der Waals surface area contributed by atoms with Gasteiger partial charge in [-0.15, -0.1) is 0 Å². The molecule has 0 fully saturated rings. The molecule has 0 saturated heterocycles. The summed E-state index contributed by atoms with van der Waals surface area (Å²) in [6, 6.07) is 9.94. The van der Waals surface area contributed by atoms with E-state index in [1.165, 1.54) is 0 Å². The summed E-state index contributed by atoms with van der Waals surface area (Å²) in [7, 11) is 0. The molecule has 0 aliphatic heterocycles. The Bertz CT molecular complexity index is 747. The van der Waals surface area contributed by atoms with Crippen molar-refractivity contribution in [2.24, 2.45) is 0 Å². The van der Waals surface area contributed by atoms with Gasteiger partial charge < -0.3 is 14.8 Å². The smallest absolute Gasteiger partial charge is 0.344 e. The standard InChI is InChI=1S/C18H17F2NO4/c1-2-12-3-6-14(7-4-12)24-11-18(23)25-10-17(22)21-16-8-5-13(19)9-15(16)20/h3-9H,2,10-11H2,1H3,(H,21,22). The monoisotopic (exact) mass is 349 g/mol. The van der Waals surface area contributed by atoms with Gasteiger partial charge in [0, 0.05) is 6.07 Å². The average molecular weight is 349 g/mol. The summed E-state index contributed by atoms with van der Waals surface area (Å²) in [6.07, 6.45) is 0.895. The summed E-state index contributed by atoms with van der Waals surface area (Å²) in [4.78, 5) is 23.2. The Balaban J connectivity index is 1.74. The molecular weight excluding hydrogens is 332 g/mol. The lowest BCUT2D eigenvalue weighted by atomic mass is 10.2. The highest BCUT2D eigenvalue weighted by Gasteiger charge is 2.11. The van der Waals surface area contributed by atoms with Crippen molar-refractivity contribution >= 4 is 17.6 Å². The molecule has 25 heavy (non-hydrogen) atoms. The summed E-state index contributed by atoms with van der Waals surface area (Å²) < 4.78 is 36.1. The third-order valence-corrected chi connectivity index (χ3v) is 3.26. The van der Waals surface area contributed by atoms with Crippen molar-refractivity contribution in [1.82, 2.24) is 0 Å². The van der Waals surface area contributed by atoms with Crippen LogP contribution in [0.25, 0.3) is 0 Å². The molecule has 2 aromatic rings. The Morgan fingerprint density at radius 2 is 1.76 bits per heavy atom. The molecule has 0 aliphatic rings. The highest BCUT2D eigenvalue weighted by Crippen LogP contribution is 2.15. The fourth-order valence-electron chi connectivity index (χ4n) is 1.93. The first kappa shape index (κ1) is 18.4. The number of carbonyl (C=O) groups is 2. The molecular formula is C18H17F2NO4. The summed E-state index contributed by atoms with van der Waals surface area (Å²) in [6.45, 7) is 1.06. The van der Waals surface area contributed by atoms with Crippen LogP contribution in [0.15, 0.2) is 42.5 Å². The number of aryl methyl sites for hydroxylation is 1. The van der Waals surface area contributed by atoms with Crippen LogP contribution in [-0.4, -0.2) is 25.1 Å². The van der Waals surface area contributed by atoms with Crippen molar-refractivity contribution in [1.29, 1.82) is 0 Å². The lowest BCUT2D eigenvalue weighted by Crippen LogP contribution is -2.24. The first-order valence-electron chi connectivity index (χ1n) is 7.60. The van der Waals surface area contributed by atoms with Crippen molar-refractivity contribution in [2.75, 3.05) is 18.5 Å². The van der Waals surface area contributed by atoms with E-state index in [9.17, 15) is 18.4 Å². The number of anilines is 1. The van der Waals surface area contributed by atoms with E-state index in [-0.39, 0.29) is 12.3 Å². The minimum Gasteiger partial charge on any atom is -0.482 e. The molecule has 1 N–H and O–H groups in total. The molecule has 0 bridgehead atoms. The predicted molar refractivity (Wildman–Crippen MR) is 87.3 cm³/mol. The predicted octanol–water partition coefficient (Wildman–Crippen LogP) is 3.09. The van der Waals surface area contributed by atoms with Gasteiger partial charge in [-0.25, -0.2) is 13.6 Å². The topological polar surface area (TPSA) is 64.6 Å². The number of amides is 1. The number of carbonyl (C=O) groups excluding carboxylic acids is 2. The Labute approximate surface area is 143 Å². The highest BCUT2D eigenvalue weighted by molar-refractivity contribution is 5.92. The number of hydrogen-bond acceptors (Lipinski definition) is 4. The number of esters is 1. The van der Waals surface area contributed by atoms with E-state index in [4.69, 9.17) is 9.47 Å². The SMILES string of the molecule is CCc1ccc(OCC(=O)OCC(=O)Nc2ccc(F)cc2F)cc1. The quantitative estimate of drug-likeness (QED) is 0.780. The fourth-order valence-corrected chi connectivity index (χ4v) is 1.93. The van der Waals surface area contributed by atoms with Crippen LogP contribution in [0.1, 0.15) is 12.5 Å². The van der Waals surface area contributed by atoms with Gasteiger partial charge in [0.1, 0.15) is 17.4 Å². The number of nitrogens with one attached hydrogen (secondary N) is 1. The molecule has 0 radical (unpaired) electrons. The zero-order chi connectivity index (χ0) is 18.2. The minimum atomic E-state index is -0.918. The van der Waals surface area contributed by atoms with Crippen LogP contribution < -0.4 is 10.1 Å². The first-order valence-corrected chi connectivity index (χ1v) is 7.60. The normalized spacial score (nSPS) is 10.2. The average Bonchev–Trinajstić information content (AvgIpc) is 2.61. The van der Waals surface area contributed by atoms with Gasteiger partial charge in [-0.2, -0.15) is 0 Å². The maximum atomic E-state index is 13.4. The second-order valence-electron chi connectivity index (χ2n) is 5.12. The Kier molecular flexibility index (Phi) is 6.45. The van der Waals surface area contributed by atoms with Crippen molar-refractivity contribution < 1.29 is 27.8 Å². The van der Waals surface area contributed by atoms with Crippen LogP contribution >= 0.6 is 0 Å². The van der Waals surface area contributed by atoms with Crippen LogP contribution in [0.3, 0.4) is 0 Å². The molecule has 7 heteroatoms. The Morgan fingerprint density at radius 3 is 2.40 bits per heavy atom. The zero-order valence-corrected chi connectivity index (χ0v) is 13.6. The molecule has 0 heterocycles. The molecule has 0 aromatic heterocycles. The van der Waals surface area contributed by atoms with E-state index in [0.29, 0.717) is 11.8 Å². The van der Waals surface area contributed by atoms with Gasteiger partial charge in [0.2, 0.25) is 0 Å². The van der Waals surface area contributed by atoms with E-state index in [2.05, 4.69) is 5.32 Å². The number of rotatable bonds is 7. The maximum Gasteiger partial charge on any atom is 0.344 e. The summed E-state index contributed by atoms with van der Waals surface area (Å²) >= 11 is 0. The minimum absolute atomic E-state index is 0.199. The number of halogens is 2. The molecule has 132 valence electrons. The number of hydrogen-bond donors (Lipinski definition) is 1. The maximum absolute atomic E-state index is 13.4. The molecule has 5 nitrogen and oxygen atoms in total. The van der Waals surface area contributed by atoms with Gasteiger partial charge in [-0.1, -0.05) is 19.1 Å². The molecule has 1 amide bonds. The third-order valence-electron chi connectivity index (χ3n) is 3.26. The van der Waals surface area contributed by atoms with Gasteiger partial charge in [0.15, 0.2) is 13.2 Å². The van der Waals surface area contributed by atoms with Crippen LogP contribution in [-0.2, 0) is 20.7 Å². The van der Waals surface area contributed by atoms with Gasteiger partial charge in [-0.3, -0.25) is 4.79 Å². The molecule has 0 saturated carbocycles. The fraction of sp³-hybridized carbons (Fsp3) is 0.222. The van der Waals surface area contributed by atoms with Crippen LogP contribution in [0.2, 0.25) is 0 Å². The van der Waals surface area contributed by atoms with Crippen LogP contribution in [0.5, 0.6) is 5.75 Å². The molecule has 0 spiro atoms. The Morgan fingerprint density at radius 1 is 1.04 bits per heavy atom. The summed E-state index contributed by atoms with van der Waals surface area (Å²) in [5.41, 5.74) is 0.939. The molecule has 0 atom stereocenters. The van der Waals surface area contributed by atoms with Crippen LogP contribution in [0, 0.1) is 11.6 Å². The summed E-state index contributed by atoms with van der Waals surface area (Å²) in [5, 5.41) is 2.18. The zero-order valence-electron chi connectivity index (χ0n) is 13.6. The van der Waals surface area contributed by atoms with Gasteiger partial charge >= 0.3 is 5.97 Å². The number of ether oxygens (including phenoxy) is 2. The lowest BCUT2D eigenvalue weighted by Gasteiger charge is -2.09. The van der Waals surface area contributed by atoms with Gasteiger partial charge in [0.25, 0.3) is 5.91 Å². The summed E-state index contributed by atoms with van der Waals surface area (Å²) in [5.74, 6) is -2.66. The molecule has 0 aliphatic carbocycles. The Hall–Kier alpha value is -2.96. The van der Waals surface area contributed by atoms with Crippen molar-refractivity contribution in [3.63, 3.8) is 0 Å². The number of benzene rings is 2. The van der Waals surface area contributed by atoms with Crippen LogP contribution in [0.4, 0.5) is 14.5 Å². The molecule has 2 rings (SSSR count). The van der Waals surface area contributed by atoms with Crippen molar-refractivity contribution in [3.8, 4) is 5.75 Å². The lowest BCUT2D eigenvalue weighted by molar-refractivity contribution is -0.149. The molecule has 2 aromatic carbocycles. The van der Waals surface area contributed by atoms with E-state index in [0.717, 1.165) is 24.1 Å². The van der Waals surface area contributed by atoms with E-state index < -0.39 is 30.1 Å². The molecule has 0 unspecified atom stereocenters. The van der Waals surface area contributed by atoms with E-state index >= 15 is 0 Å². The van der Waals surface area contributed by atoms with E-state index in [1.54, 1.807) is 12.1 Å². The second kappa shape index (κ2) is 8.77. The van der Waals surface area contributed by atoms with Gasteiger partial charge in [-0.05, 0) is 36.2 Å².